The van der Waals surface area contributed by atoms with Gasteiger partial charge in [-0.25, -0.2) is 4.79 Å². The third-order valence-corrected chi connectivity index (χ3v) is 5.31. The Morgan fingerprint density at radius 2 is 1.78 bits per heavy atom. The zero-order valence-electron chi connectivity index (χ0n) is 12.0. The largest absolute Gasteiger partial charge is 0.473 e. The highest BCUT2D eigenvalue weighted by molar-refractivity contribution is 8.12. The van der Waals surface area contributed by atoms with Crippen molar-refractivity contribution in [2.24, 2.45) is 0 Å². The van der Waals surface area contributed by atoms with Crippen molar-refractivity contribution in [3.63, 3.8) is 0 Å². The van der Waals surface area contributed by atoms with Crippen LogP contribution in [0.1, 0.15) is 56.9 Å². The molecule has 102 valence electrons. The van der Waals surface area contributed by atoms with E-state index in [0.29, 0.717) is 5.75 Å². The van der Waals surface area contributed by atoms with Crippen molar-refractivity contribution in [1.29, 1.82) is 0 Å². The molecule has 0 fully saturated rings. The van der Waals surface area contributed by atoms with Crippen molar-refractivity contribution in [2.45, 2.75) is 58.1 Å². The van der Waals surface area contributed by atoms with E-state index in [1.807, 2.05) is 11.3 Å². The van der Waals surface area contributed by atoms with Gasteiger partial charge in [0.05, 0.1) is 0 Å². The predicted molar refractivity (Wildman–Crippen MR) is 81.0 cm³/mol. The molecule has 1 N–H and O–H groups in total. The topological polar surface area (TPSA) is 37.3 Å². The van der Waals surface area contributed by atoms with Gasteiger partial charge in [0.1, 0.15) is 0 Å². The Kier molecular flexibility index (Phi) is 4.55. The molecule has 0 unspecified atom stereocenters. The molecule has 18 heavy (non-hydrogen) atoms. The van der Waals surface area contributed by atoms with Gasteiger partial charge < -0.3 is 5.11 Å². The van der Waals surface area contributed by atoms with Crippen LogP contribution in [0.4, 0.5) is 4.79 Å². The molecule has 0 bridgehead atoms. The Labute approximate surface area is 118 Å². The molecular weight excluding hydrogens is 264 g/mol. The van der Waals surface area contributed by atoms with Gasteiger partial charge in [0.15, 0.2) is 0 Å². The van der Waals surface area contributed by atoms with Gasteiger partial charge in [-0.2, -0.15) is 0 Å². The van der Waals surface area contributed by atoms with Crippen LogP contribution in [-0.4, -0.2) is 10.4 Å². The van der Waals surface area contributed by atoms with Gasteiger partial charge in [-0.05, 0) is 34.2 Å². The summed E-state index contributed by atoms with van der Waals surface area (Å²) in [6.07, 6.45) is 0. The van der Waals surface area contributed by atoms with Crippen molar-refractivity contribution in [3.05, 3.63) is 21.4 Å². The van der Waals surface area contributed by atoms with E-state index in [-0.39, 0.29) is 10.8 Å². The Balaban J connectivity index is 3.14. The maximum atomic E-state index is 10.7. The quantitative estimate of drug-likeness (QED) is 0.806. The number of thiophene rings is 1. The summed E-state index contributed by atoms with van der Waals surface area (Å²) in [7, 11) is 0. The maximum absolute atomic E-state index is 10.7. The lowest BCUT2D eigenvalue weighted by atomic mass is 9.90. The second-order valence-corrected chi connectivity index (χ2v) is 8.50. The number of hydrogen-bond donors (Lipinski definition) is 1. The standard InChI is InChI=1S/C14H22O2S2/c1-13(2,3)10-7-9(8-17-12(15)16)11(18-10)14(4,5)6/h7H,8H2,1-6H3,(H,15,16). The van der Waals surface area contributed by atoms with Crippen LogP contribution in [-0.2, 0) is 16.6 Å². The molecule has 1 heterocycles. The second kappa shape index (κ2) is 5.25. The Bertz CT molecular complexity index is 434. The maximum Gasteiger partial charge on any atom is 0.365 e. The lowest BCUT2D eigenvalue weighted by Gasteiger charge is -2.19. The van der Waals surface area contributed by atoms with Crippen molar-refractivity contribution in [1.82, 2.24) is 0 Å². The lowest BCUT2D eigenvalue weighted by Crippen LogP contribution is -2.11. The van der Waals surface area contributed by atoms with Crippen molar-refractivity contribution < 1.29 is 9.90 Å². The van der Waals surface area contributed by atoms with Gasteiger partial charge >= 0.3 is 5.30 Å². The molecule has 0 spiro atoms. The van der Waals surface area contributed by atoms with E-state index in [4.69, 9.17) is 5.11 Å². The predicted octanol–water partition coefficient (Wildman–Crippen LogP) is 5.25. The van der Waals surface area contributed by atoms with Gasteiger partial charge in [0.2, 0.25) is 0 Å². The highest BCUT2D eigenvalue weighted by atomic mass is 32.2. The normalized spacial score (nSPS) is 12.8. The molecule has 2 nitrogen and oxygen atoms in total. The summed E-state index contributed by atoms with van der Waals surface area (Å²) in [5.74, 6) is 0.550. The first-order valence-electron chi connectivity index (χ1n) is 6.01. The molecule has 0 aliphatic rings. The van der Waals surface area contributed by atoms with E-state index in [1.165, 1.54) is 15.3 Å². The fourth-order valence-corrected chi connectivity index (χ4v) is 3.57. The highest BCUT2D eigenvalue weighted by Gasteiger charge is 2.25. The lowest BCUT2D eigenvalue weighted by molar-refractivity contribution is 0.222. The summed E-state index contributed by atoms with van der Waals surface area (Å²) >= 11 is 2.78. The number of carbonyl (C=O) groups is 1. The molecule has 4 heteroatoms. The summed E-state index contributed by atoms with van der Waals surface area (Å²) in [5.41, 5.74) is 1.36. The summed E-state index contributed by atoms with van der Waals surface area (Å²) in [6.45, 7) is 13.1. The monoisotopic (exact) mass is 286 g/mol. The zero-order chi connectivity index (χ0) is 14.1. The van der Waals surface area contributed by atoms with Crippen LogP contribution in [0.25, 0.3) is 0 Å². The molecule has 0 saturated heterocycles. The third-order valence-electron chi connectivity index (χ3n) is 2.58. The molecule has 0 aliphatic heterocycles. The van der Waals surface area contributed by atoms with Crippen LogP contribution in [0.3, 0.4) is 0 Å². The minimum absolute atomic E-state index is 0.0720. The molecule has 1 aromatic rings. The minimum atomic E-state index is -0.807. The fourth-order valence-electron chi connectivity index (χ4n) is 1.68. The van der Waals surface area contributed by atoms with E-state index < -0.39 is 5.30 Å². The average Bonchev–Trinajstić information content (AvgIpc) is 2.56. The first-order valence-corrected chi connectivity index (χ1v) is 7.81. The average molecular weight is 286 g/mol. The first-order chi connectivity index (χ1) is 8.01. The number of hydrogen-bond acceptors (Lipinski definition) is 3. The molecule has 1 aromatic heterocycles. The molecule has 1 rings (SSSR count). The van der Waals surface area contributed by atoms with Crippen molar-refractivity contribution in [2.75, 3.05) is 0 Å². The summed E-state index contributed by atoms with van der Waals surface area (Å²) in [5, 5.41) is 7.99. The number of thioether (sulfide) groups is 1. The molecule has 0 aliphatic carbocycles. The van der Waals surface area contributed by atoms with Crippen molar-refractivity contribution >= 4 is 28.4 Å². The summed E-state index contributed by atoms with van der Waals surface area (Å²) < 4.78 is 0. The van der Waals surface area contributed by atoms with Crippen LogP contribution < -0.4 is 0 Å². The summed E-state index contributed by atoms with van der Waals surface area (Å²) in [6, 6.07) is 2.18. The molecule has 0 aromatic carbocycles. The van der Waals surface area contributed by atoms with Gasteiger partial charge in [-0.1, -0.05) is 41.5 Å². The van der Waals surface area contributed by atoms with Crippen LogP contribution >= 0.6 is 23.1 Å². The zero-order valence-corrected chi connectivity index (χ0v) is 13.6. The van der Waals surface area contributed by atoms with E-state index in [9.17, 15) is 4.79 Å². The van der Waals surface area contributed by atoms with E-state index in [1.54, 1.807) is 0 Å². The Morgan fingerprint density at radius 1 is 1.22 bits per heavy atom. The van der Waals surface area contributed by atoms with E-state index in [2.05, 4.69) is 47.6 Å². The van der Waals surface area contributed by atoms with E-state index >= 15 is 0 Å². The number of carboxylic acid groups (broad SMARTS) is 1. The molecular formula is C14H22O2S2. The van der Waals surface area contributed by atoms with E-state index in [0.717, 1.165) is 11.8 Å². The SMILES string of the molecule is CC(C)(C)c1cc(CSC(=O)O)c(C(C)(C)C)s1. The molecule has 0 atom stereocenters. The molecule has 0 radical (unpaired) electrons. The highest BCUT2D eigenvalue weighted by Crippen LogP contribution is 2.40. The third kappa shape index (κ3) is 4.02. The summed E-state index contributed by atoms with van der Waals surface area (Å²) in [4.78, 5) is 13.3. The van der Waals surface area contributed by atoms with Crippen LogP contribution in [0, 0.1) is 0 Å². The fraction of sp³-hybridized carbons (Fsp3) is 0.643. The molecule has 0 amide bonds. The number of rotatable bonds is 2. The van der Waals surface area contributed by atoms with Gasteiger partial charge in [0, 0.05) is 15.5 Å². The van der Waals surface area contributed by atoms with Crippen LogP contribution in [0.15, 0.2) is 6.07 Å². The first kappa shape index (κ1) is 15.6. The Morgan fingerprint density at radius 3 is 2.17 bits per heavy atom. The van der Waals surface area contributed by atoms with Crippen LogP contribution in [0.5, 0.6) is 0 Å². The van der Waals surface area contributed by atoms with Gasteiger partial charge in [-0.3, -0.25) is 0 Å². The molecule has 0 saturated carbocycles. The second-order valence-electron chi connectivity index (χ2n) is 6.52. The smallest absolute Gasteiger partial charge is 0.365 e. The van der Waals surface area contributed by atoms with Crippen molar-refractivity contribution in [3.8, 4) is 0 Å². The Hall–Kier alpha value is -0.480. The van der Waals surface area contributed by atoms with Crippen LogP contribution in [0.2, 0.25) is 0 Å². The van der Waals surface area contributed by atoms with Gasteiger partial charge in [-0.15, -0.1) is 11.3 Å². The minimum Gasteiger partial charge on any atom is -0.473 e. The van der Waals surface area contributed by atoms with Gasteiger partial charge in [0.25, 0.3) is 0 Å².